The molecule has 4 rings (SSSR count). The topological polar surface area (TPSA) is 36.1 Å². The predicted molar refractivity (Wildman–Crippen MR) is 110 cm³/mol. The molecule has 2 aromatic carbocycles. The van der Waals surface area contributed by atoms with Gasteiger partial charge in [-0.1, -0.05) is 33.6 Å². The van der Waals surface area contributed by atoms with Crippen molar-refractivity contribution in [2.45, 2.75) is 32.6 Å². The first kappa shape index (κ1) is 17.3. The third kappa shape index (κ3) is 3.18. The molecule has 2 heterocycles. The minimum Gasteiger partial charge on any atom is -0.358 e. The number of nitrogens with zero attached hydrogens (tertiary/aromatic N) is 1. The second-order valence-electron chi connectivity index (χ2n) is 7.29. The van der Waals surface area contributed by atoms with Crippen molar-refractivity contribution in [3.63, 3.8) is 0 Å². The van der Waals surface area contributed by atoms with E-state index in [0.717, 1.165) is 36.0 Å². The van der Waals surface area contributed by atoms with Crippen LogP contribution in [0.1, 0.15) is 45.9 Å². The quantitative estimate of drug-likeness (QED) is 0.588. The van der Waals surface area contributed by atoms with E-state index < -0.39 is 0 Å². The first-order chi connectivity index (χ1) is 12.5. The van der Waals surface area contributed by atoms with Crippen LogP contribution < -0.4 is 0 Å². The molecule has 26 heavy (non-hydrogen) atoms. The van der Waals surface area contributed by atoms with Crippen LogP contribution in [0.15, 0.2) is 46.9 Å². The second-order valence-corrected chi connectivity index (χ2v) is 8.21. The van der Waals surface area contributed by atoms with Crippen molar-refractivity contribution >= 4 is 32.7 Å². The molecule has 0 bridgehead atoms. The van der Waals surface area contributed by atoms with Gasteiger partial charge in [0, 0.05) is 45.6 Å². The normalized spacial score (nSPS) is 15.6. The van der Waals surface area contributed by atoms with Gasteiger partial charge in [-0.15, -0.1) is 0 Å². The Bertz CT molecular complexity index is 967. The van der Waals surface area contributed by atoms with Gasteiger partial charge in [-0.3, -0.25) is 4.79 Å². The number of carbonyl (C=O) groups excluding carboxylic acids is 1. The number of aromatic amines is 1. The molecule has 1 aliphatic rings. The number of aromatic nitrogens is 1. The van der Waals surface area contributed by atoms with E-state index in [1.807, 2.05) is 29.2 Å². The number of fused-ring (bicyclic) bond motifs is 1. The lowest BCUT2D eigenvalue weighted by atomic mass is 9.91. The summed E-state index contributed by atoms with van der Waals surface area (Å²) in [6.45, 7) is 5.97. The second kappa shape index (κ2) is 6.92. The van der Waals surface area contributed by atoms with E-state index in [0.29, 0.717) is 5.92 Å². The number of benzene rings is 2. The van der Waals surface area contributed by atoms with Crippen LogP contribution in [-0.2, 0) is 0 Å². The number of aryl methyl sites for hydroxylation is 2. The van der Waals surface area contributed by atoms with Crippen LogP contribution in [0.3, 0.4) is 0 Å². The Hall–Kier alpha value is -2.07. The number of piperidine rings is 1. The van der Waals surface area contributed by atoms with Gasteiger partial charge in [0.05, 0.1) is 0 Å². The molecule has 0 spiro atoms. The largest absolute Gasteiger partial charge is 0.358 e. The summed E-state index contributed by atoms with van der Waals surface area (Å²) in [5.41, 5.74) is 5.98. The van der Waals surface area contributed by atoms with E-state index in [4.69, 9.17) is 0 Å². The maximum absolute atomic E-state index is 12.7. The molecular formula is C22H23BrN2O. The molecule has 1 saturated heterocycles. The number of amides is 1. The van der Waals surface area contributed by atoms with Crippen LogP contribution in [0.25, 0.3) is 10.9 Å². The molecule has 3 aromatic rings. The van der Waals surface area contributed by atoms with Gasteiger partial charge in [0.15, 0.2) is 0 Å². The molecule has 1 N–H and O–H groups in total. The summed E-state index contributed by atoms with van der Waals surface area (Å²) in [7, 11) is 0. The summed E-state index contributed by atoms with van der Waals surface area (Å²) in [5.74, 6) is 0.628. The van der Waals surface area contributed by atoms with Crippen LogP contribution in [0, 0.1) is 13.8 Å². The average Bonchev–Trinajstić information content (AvgIpc) is 2.97. The fourth-order valence-electron chi connectivity index (χ4n) is 4.04. The Morgan fingerprint density at radius 1 is 1.12 bits per heavy atom. The maximum Gasteiger partial charge on any atom is 0.253 e. The number of halogens is 1. The zero-order valence-electron chi connectivity index (χ0n) is 15.2. The molecule has 134 valence electrons. The van der Waals surface area contributed by atoms with Gasteiger partial charge in [-0.2, -0.15) is 0 Å². The summed E-state index contributed by atoms with van der Waals surface area (Å²) >= 11 is 3.45. The minimum absolute atomic E-state index is 0.133. The van der Waals surface area contributed by atoms with Gasteiger partial charge in [-0.05, 0) is 62.6 Å². The van der Waals surface area contributed by atoms with Gasteiger partial charge in [-0.25, -0.2) is 0 Å². The van der Waals surface area contributed by atoms with E-state index >= 15 is 0 Å². The van der Waals surface area contributed by atoms with Gasteiger partial charge >= 0.3 is 0 Å². The van der Waals surface area contributed by atoms with Crippen molar-refractivity contribution < 1.29 is 4.79 Å². The number of carbonyl (C=O) groups is 1. The lowest BCUT2D eigenvalue weighted by molar-refractivity contribution is 0.0712. The first-order valence-electron chi connectivity index (χ1n) is 9.16. The lowest BCUT2D eigenvalue weighted by Gasteiger charge is -2.32. The average molecular weight is 411 g/mol. The number of likely N-dealkylation sites (tertiary alicyclic amines) is 1. The van der Waals surface area contributed by atoms with Crippen LogP contribution in [-0.4, -0.2) is 28.9 Å². The molecule has 0 aliphatic carbocycles. The molecule has 1 amide bonds. The number of hydrogen-bond acceptors (Lipinski definition) is 1. The molecule has 0 saturated carbocycles. The van der Waals surface area contributed by atoms with Crippen molar-refractivity contribution in [3.05, 3.63) is 69.3 Å². The van der Waals surface area contributed by atoms with Gasteiger partial charge in [0.1, 0.15) is 0 Å². The number of rotatable bonds is 2. The summed E-state index contributed by atoms with van der Waals surface area (Å²) in [5, 5.41) is 1.33. The highest BCUT2D eigenvalue weighted by atomic mass is 79.9. The fraction of sp³-hybridized carbons (Fsp3) is 0.318. The van der Waals surface area contributed by atoms with E-state index in [-0.39, 0.29) is 5.91 Å². The van der Waals surface area contributed by atoms with E-state index in [1.54, 1.807) is 0 Å². The van der Waals surface area contributed by atoms with Gasteiger partial charge in [0.2, 0.25) is 0 Å². The maximum atomic E-state index is 12.7. The molecule has 0 radical (unpaired) electrons. The monoisotopic (exact) mass is 410 g/mol. The molecule has 1 aliphatic heterocycles. The van der Waals surface area contributed by atoms with E-state index in [1.165, 1.54) is 27.7 Å². The molecule has 0 unspecified atom stereocenters. The van der Waals surface area contributed by atoms with Crippen molar-refractivity contribution in [1.82, 2.24) is 9.88 Å². The standard InChI is InChI=1S/C22H23BrN2O/c1-14-6-7-20-19(12-14)15(2)21(24-20)16-8-10-25(11-9-16)22(26)17-4-3-5-18(23)13-17/h3-7,12-13,16,24H,8-11H2,1-2H3. The zero-order chi connectivity index (χ0) is 18.3. The van der Waals surface area contributed by atoms with Crippen molar-refractivity contribution in [2.24, 2.45) is 0 Å². The Morgan fingerprint density at radius 3 is 2.62 bits per heavy atom. The third-order valence-corrected chi connectivity index (χ3v) is 6.01. The zero-order valence-corrected chi connectivity index (χ0v) is 16.8. The Kier molecular flexibility index (Phi) is 4.62. The smallest absolute Gasteiger partial charge is 0.253 e. The van der Waals surface area contributed by atoms with Gasteiger partial charge < -0.3 is 9.88 Å². The molecular weight excluding hydrogens is 388 g/mol. The fourth-order valence-corrected chi connectivity index (χ4v) is 4.44. The summed E-state index contributed by atoms with van der Waals surface area (Å²) in [4.78, 5) is 18.4. The summed E-state index contributed by atoms with van der Waals surface area (Å²) in [6, 6.07) is 14.2. The number of H-pyrrole nitrogens is 1. The Morgan fingerprint density at radius 2 is 1.88 bits per heavy atom. The highest BCUT2D eigenvalue weighted by molar-refractivity contribution is 9.10. The third-order valence-electron chi connectivity index (χ3n) is 5.51. The molecule has 1 fully saturated rings. The Labute approximate surface area is 162 Å². The first-order valence-corrected chi connectivity index (χ1v) is 9.96. The van der Waals surface area contributed by atoms with Crippen molar-refractivity contribution in [3.8, 4) is 0 Å². The van der Waals surface area contributed by atoms with Gasteiger partial charge in [0.25, 0.3) is 5.91 Å². The molecule has 4 heteroatoms. The highest BCUT2D eigenvalue weighted by Gasteiger charge is 2.26. The summed E-state index contributed by atoms with van der Waals surface area (Å²) < 4.78 is 0.947. The van der Waals surface area contributed by atoms with Crippen LogP contribution in [0.4, 0.5) is 0 Å². The Balaban J connectivity index is 1.50. The minimum atomic E-state index is 0.133. The molecule has 1 aromatic heterocycles. The SMILES string of the molecule is Cc1ccc2[nH]c(C3CCN(C(=O)c4cccc(Br)c4)CC3)c(C)c2c1. The molecule has 3 nitrogen and oxygen atoms in total. The van der Waals surface area contributed by atoms with E-state index in [9.17, 15) is 4.79 Å². The number of hydrogen-bond donors (Lipinski definition) is 1. The van der Waals surface area contributed by atoms with Crippen LogP contribution in [0.2, 0.25) is 0 Å². The van der Waals surface area contributed by atoms with Crippen molar-refractivity contribution in [2.75, 3.05) is 13.1 Å². The van der Waals surface area contributed by atoms with Crippen LogP contribution >= 0.6 is 15.9 Å². The molecule has 0 atom stereocenters. The summed E-state index contributed by atoms with van der Waals surface area (Å²) in [6.07, 6.45) is 2.01. The lowest BCUT2D eigenvalue weighted by Crippen LogP contribution is -2.38. The van der Waals surface area contributed by atoms with Crippen molar-refractivity contribution in [1.29, 1.82) is 0 Å². The van der Waals surface area contributed by atoms with E-state index in [2.05, 4.69) is 53.0 Å². The predicted octanol–water partition coefficient (Wildman–Crippen LogP) is 5.57. The number of nitrogens with one attached hydrogen (secondary N) is 1. The highest BCUT2D eigenvalue weighted by Crippen LogP contribution is 2.34. The van der Waals surface area contributed by atoms with Crippen LogP contribution in [0.5, 0.6) is 0 Å².